The smallest absolute Gasteiger partial charge is 0.320 e. The van der Waals surface area contributed by atoms with E-state index in [1.807, 2.05) is 0 Å². The van der Waals surface area contributed by atoms with Gasteiger partial charge in [-0.2, -0.15) is 0 Å². The Kier molecular flexibility index (Phi) is 9.42. The van der Waals surface area contributed by atoms with E-state index in [-0.39, 0.29) is 0 Å². The zero-order valence-corrected chi connectivity index (χ0v) is 19.7. The Labute approximate surface area is 158 Å². The SMILES string of the molecule is CO[SiH](CCCN(c1ccccc1)[Si](C(C)C)(C(C)C)C(C)C)OC. The number of benzene rings is 1. The highest BCUT2D eigenvalue weighted by atomic mass is 28.3. The van der Waals surface area contributed by atoms with Gasteiger partial charge in [-0.15, -0.1) is 0 Å². The van der Waals surface area contributed by atoms with Gasteiger partial charge in [0.2, 0.25) is 0 Å². The van der Waals surface area contributed by atoms with Crippen LogP contribution in [0.3, 0.4) is 0 Å². The van der Waals surface area contributed by atoms with Crippen LogP contribution in [0, 0.1) is 0 Å². The van der Waals surface area contributed by atoms with Gasteiger partial charge in [-0.1, -0.05) is 59.7 Å². The summed E-state index contributed by atoms with van der Waals surface area (Å²) in [5.74, 6) is 0. The molecule has 0 bridgehead atoms. The first-order valence-electron chi connectivity index (χ1n) is 9.70. The van der Waals surface area contributed by atoms with E-state index in [1.165, 1.54) is 5.69 Å². The van der Waals surface area contributed by atoms with Crippen molar-refractivity contribution in [3.8, 4) is 0 Å². The van der Waals surface area contributed by atoms with Crippen LogP contribution in [0.1, 0.15) is 48.0 Å². The lowest BCUT2D eigenvalue weighted by Crippen LogP contribution is -2.61. The lowest BCUT2D eigenvalue weighted by molar-refractivity contribution is 0.277. The van der Waals surface area contributed by atoms with Crippen molar-refractivity contribution in [2.45, 2.75) is 70.6 Å². The monoisotopic (exact) mass is 381 g/mol. The van der Waals surface area contributed by atoms with Gasteiger partial charge in [-0.3, -0.25) is 0 Å². The summed E-state index contributed by atoms with van der Waals surface area (Å²) in [6, 6.07) is 12.1. The molecule has 25 heavy (non-hydrogen) atoms. The maximum Gasteiger partial charge on any atom is 0.320 e. The summed E-state index contributed by atoms with van der Waals surface area (Å²) < 4.78 is 13.9. The quantitative estimate of drug-likeness (QED) is 0.468. The molecule has 0 aliphatic carbocycles. The van der Waals surface area contributed by atoms with Crippen LogP contribution in [0.5, 0.6) is 0 Å². The molecule has 0 atom stereocenters. The van der Waals surface area contributed by atoms with E-state index in [1.54, 1.807) is 14.2 Å². The Morgan fingerprint density at radius 1 is 0.880 bits per heavy atom. The highest BCUT2D eigenvalue weighted by molar-refractivity contribution is 6.86. The van der Waals surface area contributed by atoms with Crippen LogP contribution in [0.2, 0.25) is 22.7 Å². The zero-order chi connectivity index (χ0) is 19.0. The molecule has 0 fully saturated rings. The molecule has 1 aromatic carbocycles. The summed E-state index contributed by atoms with van der Waals surface area (Å²) in [6.07, 6.45) is 1.13. The second-order valence-corrected chi connectivity index (χ2v) is 16.0. The van der Waals surface area contributed by atoms with Crippen molar-refractivity contribution in [3.05, 3.63) is 30.3 Å². The highest BCUT2D eigenvalue weighted by Gasteiger charge is 2.48. The fraction of sp³-hybridized carbons (Fsp3) is 0.700. The summed E-state index contributed by atoms with van der Waals surface area (Å²) in [5, 5.41) is 0. The van der Waals surface area contributed by atoms with E-state index < -0.39 is 17.5 Å². The molecule has 1 rings (SSSR count). The van der Waals surface area contributed by atoms with Gasteiger partial charge < -0.3 is 13.4 Å². The van der Waals surface area contributed by atoms with E-state index in [0.29, 0.717) is 16.6 Å². The van der Waals surface area contributed by atoms with Crippen molar-refractivity contribution >= 4 is 23.2 Å². The minimum atomic E-state index is -1.72. The van der Waals surface area contributed by atoms with Crippen LogP contribution in [-0.2, 0) is 8.85 Å². The van der Waals surface area contributed by atoms with E-state index in [9.17, 15) is 0 Å². The molecular formula is C20H39NO2Si2. The van der Waals surface area contributed by atoms with E-state index in [2.05, 4.69) is 76.4 Å². The van der Waals surface area contributed by atoms with Crippen molar-refractivity contribution in [3.63, 3.8) is 0 Å². The predicted molar refractivity (Wildman–Crippen MR) is 115 cm³/mol. The van der Waals surface area contributed by atoms with Crippen LogP contribution >= 0.6 is 0 Å². The summed E-state index contributed by atoms with van der Waals surface area (Å²) >= 11 is 0. The summed E-state index contributed by atoms with van der Waals surface area (Å²) in [4.78, 5) is 0. The second kappa shape index (κ2) is 10.5. The van der Waals surface area contributed by atoms with Crippen molar-refractivity contribution < 1.29 is 8.85 Å². The van der Waals surface area contributed by atoms with E-state index in [0.717, 1.165) is 19.0 Å². The molecule has 0 saturated heterocycles. The van der Waals surface area contributed by atoms with Gasteiger partial charge in [0, 0.05) is 26.5 Å². The molecular weight excluding hydrogens is 342 g/mol. The average Bonchev–Trinajstić information content (AvgIpc) is 2.57. The molecule has 0 aliphatic rings. The fourth-order valence-corrected chi connectivity index (χ4v) is 13.0. The molecule has 3 nitrogen and oxygen atoms in total. The van der Waals surface area contributed by atoms with E-state index in [4.69, 9.17) is 8.85 Å². The van der Waals surface area contributed by atoms with Gasteiger partial charge in [0.1, 0.15) is 0 Å². The van der Waals surface area contributed by atoms with Crippen molar-refractivity contribution in [2.75, 3.05) is 25.3 Å². The Hall–Kier alpha value is -0.626. The van der Waals surface area contributed by atoms with Gasteiger partial charge in [-0.25, -0.2) is 0 Å². The first kappa shape index (κ1) is 22.4. The fourth-order valence-electron chi connectivity index (χ4n) is 4.84. The Morgan fingerprint density at radius 3 is 1.76 bits per heavy atom. The van der Waals surface area contributed by atoms with Crippen LogP contribution in [0.15, 0.2) is 30.3 Å². The maximum absolute atomic E-state index is 5.52. The average molecular weight is 382 g/mol. The number of nitrogens with zero attached hydrogens (tertiary/aromatic N) is 1. The minimum absolute atomic E-state index is 0.700. The minimum Gasteiger partial charge on any atom is -0.400 e. The number of hydrogen-bond donors (Lipinski definition) is 0. The molecule has 0 unspecified atom stereocenters. The van der Waals surface area contributed by atoms with Gasteiger partial charge in [0.05, 0.1) is 0 Å². The first-order valence-corrected chi connectivity index (χ1v) is 13.6. The highest BCUT2D eigenvalue weighted by Crippen LogP contribution is 2.45. The first-order chi connectivity index (χ1) is 11.8. The molecule has 0 amide bonds. The standard InChI is InChI=1S/C20H39NO2Si2/c1-17(2)25(18(3)4,19(5)6)21(20-13-10-9-11-14-20)15-12-16-24(22-7)23-8/h9-11,13-14,17-19,24H,12,15-16H2,1-8H3. The van der Waals surface area contributed by atoms with Crippen molar-refractivity contribution in [1.82, 2.24) is 0 Å². The van der Waals surface area contributed by atoms with E-state index >= 15 is 0 Å². The summed E-state index contributed by atoms with van der Waals surface area (Å²) in [7, 11) is 0.358. The Morgan fingerprint density at radius 2 is 1.36 bits per heavy atom. The van der Waals surface area contributed by atoms with Gasteiger partial charge >= 0.3 is 9.28 Å². The van der Waals surface area contributed by atoms with Crippen molar-refractivity contribution in [2.24, 2.45) is 0 Å². The third-order valence-electron chi connectivity index (χ3n) is 5.66. The third kappa shape index (κ3) is 5.19. The molecule has 0 saturated carbocycles. The molecule has 0 spiro atoms. The molecule has 1 aromatic rings. The van der Waals surface area contributed by atoms with Crippen LogP contribution in [-0.4, -0.2) is 38.3 Å². The number of para-hydroxylation sites is 1. The van der Waals surface area contributed by atoms with Crippen molar-refractivity contribution in [1.29, 1.82) is 0 Å². The maximum atomic E-state index is 5.52. The molecule has 5 heteroatoms. The lowest BCUT2D eigenvalue weighted by atomic mass is 10.3. The number of hydrogen-bond acceptors (Lipinski definition) is 3. The van der Waals surface area contributed by atoms with Gasteiger partial charge in [0.25, 0.3) is 0 Å². The molecule has 0 radical (unpaired) electrons. The number of anilines is 1. The van der Waals surface area contributed by atoms with Crippen LogP contribution < -0.4 is 4.57 Å². The second-order valence-electron chi connectivity index (χ2n) is 7.88. The Balaban J connectivity index is 3.20. The topological polar surface area (TPSA) is 21.7 Å². The van der Waals surface area contributed by atoms with Crippen LogP contribution in [0.25, 0.3) is 0 Å². The molecule has 0 N–H and O–H groups in total. The van der Waals surface area contributed by atoms with Gasteiger partial charge in [-0.05, 0) is 41.2 Å². The summed E-state index contributed by atoms with van der Waals surface area (Å²) in [6.45, 7) is 15.7. The zero-order valence-electron chi connectivity index (χ0n) is 17.6. The molecule has 0 aromatic heterocycles. The molecule has 0 aliphatic heterocycles. The number of rotatable bonds is 11. The largest absolute Gasteiger partial charge is 0.400 e. The summed E-state index contributed by atoms with van der Waals surface area (Å²) in [5.41, 5.74) is 3.49. The molecule has 144 valence electrons. The normalized spacial score (nSPS) is 12.6. The predicted octanol–water partition coefficient (Wildman–Crippen LogP) is 5.57. The molecule has 0 heterocycles. The van der Waals surface area contributed by atoms with Gasteiger partial charge in [0.15, 0.2) is 8.24 Å². The Bertz CT molecular complexity index is 454. The van der Waals surface area contributed by atoms with Crippen LogP contribution in [0.4, 0.5) is 5.69 Å². The third-order valence-corrected chi connectivity index (χ3v) is 14.6. The lowest BCUT2D eigenvalue weighted by Gasteiger charge is -2.52.